The van der Waals surface area contributed by atoms with Gasteiger partial charge in [0.15, 0.2) is 11.4 Å². The number of hydrogen-bond donors (Lipinski definition) is 0. The summed E-state index contributed by atoms with van der Waals surface area (Å²) in [4.78, 5) is 7.36. The second-order valence-corrected chi connectivity index (χ2v) is 14.9. The molecule has 8 aromatic carbocycles. The molecule has 0 unspecified atom stereocenters. The third-order valence-corrected chi connectivity index (χ3v) is 11.6. The molecule has 10 aromatic rings. The quantitative estimate of drug-likeness (QED) is 0.163. The van der Waals surface area contributed by atoms with Gasteiger partial charge in [-0.3, -0.25) is 0 Å². The van der Waals surface area contributed by atoms with Gasteiger partial charge in [-0.05, 0) is 101 Å². The molecule has 0 fully saturated rings. The van der Waals surface area contributed by atoms with E-state index in [-0.39, 0.29) is 0 Å². The molecule has 280 valence electrons. The Balaban J connectivity index is 1.31. The van der Waals surface area contributed by atoms with E-state index in [1.54, 1.807) is 24.3 Å². The minimum Gasteiger partial charge on any atom is -0.309 e. The van der Waals surface area contributed by atoms with Crippen molar-refractivity contribution in [2.45, 2.75) is 6.92 Å². The molecule has 0 bridgehead atoms. The van der Waals surface area contributed by atoms with E-state index >= 15 is 0 Å². The number of para-hydroxylation sites is 2. The maximum Gasteiger partial charge on any atom is 0.196 e. The van der Waals surface area contributed by atoms with Gasteiger partial charge < -0.3 is 9.13 Å². The van der Waals surface area contributed by atoms with Gasteiger partial charge in [0.05, 0.1) is 70.4 Å². The minimum atomic E-state index is 0.410. The normalized spacial score (nSPS) is 11.0. The number of nitriles is 3. The lowest BCUT2D eigenvalue weighted by molar-refractivity contribution is 1.10. The monoisotopic (exact) mass is 775 g/mol. The highest BCUT2D eigenvalue weighted by atomic mass is 15.0. The number of fused-ring (bicyclic) bond motifs is 6. The van der Waals surface area contributed by atoms with Gasteiger partial charge in [0.25, 0.3) is 0 Å². The molecule has 61 heavy (non-hydrogen) atoms. The highest BCUT2D eigenvalue weighted by Gasteiger charge is 2.23. The van der Waals surface area contributed by atoms with E-state index in [1.807, 2.05) is 72.8 Å². The largest absolute Gasteiger partial charge is 0.309 e. The summed E-state index contributed by atoms with van der Waals surface area (Å²) >= 11 is 0. The first-order valence-electron chi connectivity index (χ1n) is 19.5. The molecule has 0 radical (unpaired) electrons. The summed E-state index contributed by atoms with van der Waals surface area (Å²) < 4.78 is 4.60. The Kier molecular flexibility index (Phi) is 8.49. The average Bonchev–Trinajstić information content (AvgIpc) is 3.82. The molecule has 10 rings (SSSR count). The third kappa shape index (κ3) is 5.69. The molecule has 0 spiro atoms. The topological polar surface area (TPSA) is 89.9 Å². The molecule has 0 aliphatic carbocycles. The first-order valence-corrected chi connectivity index (χ1v) is 19.5. The van der Waals surface area contributed by atoms with Gasteiger partial charge >= 0.3 is 0 Å². The average molecular weight is 776 g/mol. The zero-order valence-corrected chi connectivity index (χ0v) is 32.6. The summed E-state index contributed by atoms with van der Waals surface area (Å²) in [6.45, 7) is 17.6. The number of nitrogens with zero attached hydrogens (tertiary/aromatic N) is 7. The third-order valence-electron chi connectivity index (χ3n) is 11.6. The molecule has 0 saturated carbocycles. The molecule has 0 saturated heterocycles. The Morgan fingerprint density at radius 3 is 1.72 bits per heavy atom. The summed E-state index contributed by atoms with van der Waals surface area (Å²) in [5, 5.41) is 34.0. The van der Waals surface area contributed by atoms with Crippen molar-refractivity contribution in [2.24, 2.45) is 0 Å². The maximum absolute atomic E-state index is 10.2. The van der Waals surface area contributed by atoms with Gasteiger partial charge in [0.2, 0.25) is 0 Å². The van der Waals surface area contributed by atoms with Crippen LogP contribution in [0.1, 0.15) is 22.3 Å². The van der Waals surface area contributed by atoms with Crippen LogP contribution in [0.25, 0.3) is 98.1 Å². The van der Waals surface area contributed by atoms with Crippen LogP contribution in [-0.2, 0) is 0 Å². The van der Waals surface area contributed by atoms with Crippen molar-refractivity contribution >= 4 is 55.0 Å². The predicted molar refractivity (Wildman–Crippen MR) is 243 cm³/mol. The highest BCUT2D eigenvalue weighted by molar-refractivity contribution is 6.12. The molecule has 2 heterocycles. The first kappa shape index (κ1) is 36.2. The molecular weight excluding hydrogens is 747 g/mol. The molecular formula is C54H29N7. The fraction of sp³-hybridized carbons (Fsp3) is 0.0185. The van der Waals surface area contributed by atoms with Crippen molar-refractivity contribution in [3.05, 3.63) is 203 Å². The Morgan fingerprint density at radius 2 is 1.05 bits per heavy atom. The van der Waals surface area contributed by atoms with Gasteiger partial charge in [-0.25, -0.2) is 9.69 Å². The van der Waals surface area contributed by atoms with Crippen LogP contribution in [0.3, 0.4) is 0 Å². The molecule has 7 nitrogen and oxygen atoms in total. The first-order chi connectivity index (χ1) is 29.9. The zero-order valence-electron chi connectivity index (χ0n) is 32.6. The fourth-order valence-corrected chi connectivity index (χ4v) is 8.87. The second kappa shape index (κ2) is 14.3. The number of hydrogen-bond acceptors (Lipinski definition) is 3. The van der Waals surface area contributed by atoms with Crippen molar-refractivity contribution in [1.82, 2.24) is 9.13 Å². The van der Waals surface area contributed by atoms with Crippen LogP contribution < -0.4 is 0 Å². The van der Waals surface area contributed by atoms with E-state index in [0.29, 0.717) is 28.1 Å². The fourth-order valence-electron chi connectivity index (χ4n) is 8.87. The molecule has 0 N–H and O–H groups in total. The van der Waals surface area contributed by atoms with Crippen molar-refractivity contribution in [1.29, 1.82) is 15.8 Å². The molecule has 7 heteroatoms. The lowest BCUT2D eigenvalue weighted by atomic mass is 9.96. The van der Waals surface area contributed by atoms with E-state index in [9.17, 15) is 15.8 Å². The summed E-state index contributed by atoms with van der Waals surface area (Å²) in [6, 6.07) is 58.5. The minimum absolute atomic E-state index is 0.410. The molecule has 0 aliphatic heterocycles. The van der Waals surface area contributed by atoms with Crippen molar-refractivity contribution in [3.63, 3.8) is 0 Å². The van der Waals surface area contributed by atoms with Crippen molar-refractivity contribution < 1.29 is 0 Å². The van der Waals surface area contributed by atoms with Gasteiger partial charge in [0.1, 0.15) is 0 Å². The second-order valence-electron chi connectivity index (χ2n) is 14.9. The van der Waals surface area contributed by atoms with Crippen molar-refractivity contribution in [3.8, 4) is 63.0 Å². The van der Waals surface area contributed by atoms with E-state index in [2.05, 4.69) is 105 Å². The van der Waals surface area contributed by atoms with Gasteiger partial charge in [-0.1, -0.05) is 97.1 Å². The summed E-state index contributed by atoms with van der Waals surface area (Å²) in [5.74, 6) is 0. The van der Waals surface area contributed by atoms with Crippen LogP contribution in [-0.4, -0.2) is 9.13 Å². The predicted octanol–water partition coefficient (Wildman–Crippen LogP) is 13.9. The Bertz CT molecular complexity index is 3730. The maximum atomic E-state index is 10.2. The van der Waals surface area contributed by atoms with Gasteiger partial charge in [-0.15, -0.1) is 0 Å². The Morgan fingerprint density at radius 1 is 0.459 bits per heavy atom. The van der Waals surface area contributed by atoms with Gasteiger partial charge in [0, 0.05) is 38.2 Å². The van der Waals surface area contributed by atoms with Crippen LogP contribution in [0.5, 0.6) is 0 Å². The molecule has 0 amide bonds. The van der Waals surface area contributed by atoms with Crippen LogP contribution in [0.15, 0.2) is 158 Å². The van der Waals surface area contributed by atoms with E-state index in [1.165, 1.54) is 0 Å². The molecule has 0 atom stereocenters. The van der Waals surface area contributed by atoms with E-state index in [0.717, 1.165) is 93.9 Å². The lowest BCUT2D eigenvalue weighted by Gasteiger charge is -2.21. The van der Waals surface area contributed by atoms with Crippen LogP contribution in [0, 0.1) is 54.1 Å². The van der Waals surface area contributed by atoms with Crippen molar-refractivity contribution in [2.75, 3.05) is 0 Å². The number of aromatic nitrogens is 2. The standard InChI is InChI=1S/C54H29N7/c1-33-49(60-50-13-6-4-11-44(50)46-21-17-38(29-52(46)60)42-19-15-35(31-56)26-48(42)59-3)24-23-43(36-10-8-9-34(25-36)30-55)54(33)61-51-14-7-5-12-45(51)47-20-16-37(28-53(47)61)41-22-18-40(58-2)27-39(41)32-57/h4-29H,1H3. The van der Waals surface area contributed by atoms with E-state index in [4.69, 9.17) is 13.1 Å². The molecule has 0 aliphatic rings. The SMILES string of the molecule is [C-]#[N+]c1ccc(-c2ccc3c4ccccc4n(-c4c(-c5cccc(C#N)c5)ccc(-n5c6ccccc6c6ccc(-c7ccc(C#N)cc7[N+]#[C-])cc65)c4C)c3c2)c(C#N)c1. The Hall–Kier alpha value is -9.19. The van der Waals surface area contributed by atoms with Crippen LogP contribution in [0.4, 0.5) is 11.4 Å². The molecule has 2 aromatic heterocycles. The lowest BCUT2D eigenvalue weighted by Crippen LogP contribution is -2.06. The zero-order chi connectivity index (χ0) is 41.8. The van der Waals surface area contributed by atoms with Gasteiger partial charge in [-0.2, -0.15) is 15.8 Å². The van der Waals surface area contributed by atoms with E-state index < -0.39 is 0 Å². The Labute approximate surface area is 351 Å². The highest BCUT2D eigenvalue weighted by Crippen LogP contribution is 2.44. The van der Waals surface area contributed by atoms with Crippen LogP contribution in [0.2, 0.25) is 0 Å². The van der Waals surface area contributed by atoms with Crippen LogP contribution >= 0.6 is 0 Å². The summed E-state index contributed by atoms with van der Waals surface area (Å²) in [7, 11) is 0. The number of benzene rings is 8. The summed E-state index contributed by atoms with van der Waals surface area (Å²) in [6.07, 6.45) is 0. The smallest absolute Gasteiger partial charge is 0.196 e. The number of rotatable bonds is 5. The summed E-state index contributed by atoms with van der Waals surface area (Å²) in [5.41, 5.74) is 14.1.